The Labute approximate surface area is 124 Å². The van der Waals surface area contributed by atoms with Crippen molar-refractivity contribution in [2.75, 3.05) is 6.54 Å². The smallest absolute Gasteiger partial charge is 0.265 e. The van der Waals surface area contributed by atoms with Crippen molar-refractivity contribution in [3.05, 3.63) is 24.3 Å². The second kappa shape index (κ2) is 5.93. The SMILES string of the molecule is CC1Oc2ccccc2OC1C(=O)NCC1CCCC1O. The van der Waals surface area contributed by atoms with E-state index in [0.29, 0.717) is 18.0 Å². The van der Waals surface area contributed by atoms with Gasteiger partial charge >= 0.3 is 0 Å². The molecule has 1 amide bonds. The molecule has 1 saturated carbocycles. The maximum Gasteiger partial charge on any atom is 0.265 e. The molecule has 0 saturated heterocycles. The van der Waals surface area contributed by atoms with Crippen LogP contribution in [0, 0.1) is 5.92 Å². The van der Waals surface area contributed by atoms with Gasteiger partial charge in [0.25, 0.3) is 5.91 Å². The van der Waals surface area contributed by atoms with E-state index in [2.05, 4.69) is 5.32 Å². The van der Waals surface area contributed by atoms with Crippen LogP contribution < -0.4 is 14.8 Å². The lowest BCUT2D eigenvalue weighted by Gasteiger charge is -2.31. The van der Waals surface area contributed by atoms with Crippen molar-refractivity contribution in [2.45, 2.75) is 44.5 Å². The van der Waals surface area contributed by atoms with Gasteiger partial charge in [0.1, 0.15) is 6.10 Å². The van der Waals surface area contributed by atoms with Gasteiger partial charge in [-0.3, -0.25) is 4.79 Å². The summed E-state index contributed by atoms with van der Waals surface area (Å²) < 4.78 is 11.5. The Kier molecular flexibility index (Phi) is 4.01. The third kappa shape index (κ3) is 2.97. The molecule has 5 heteroatoms. The van der Waals surface area contributed by atoms with Crippen LogP contribution in [-0.2, 0) is 4.79 Å². The molecule has 1 fully saturated rings. The van der Waals surface area contributed by atoms with Gasteiger partial charge in [0.15, 0.2) is 11.5 Å². The molecule has 4 unspecified atom stereocenters. The van der Waals surface area contributed by atoms with Gasteiger partial charge in [-0.2, -0.15) is 0 Å². The van der Waals surface area contributed by atoms with E-state index in [-0.39, 0.29) is 24.0 Å². The summed E-state index contributed by atoms with van der Waals surface area (Å²) in [6.07, 6.45) is 1.52. The normalized spacial score (nSPS) is 31.0. The van der Waals surface area contributed by atoms with Gasteiger partial charge in [-0.05, 0) is 31.9 Å². The molecule has 0 aromatic heterocycles. The van der Waals surface area contributed by atoms with Gasteiger partial charge in [-0.15, -0.1) is 0 Å². The number of amides is 1. The second-order valence-electron chi connectivity index (χ2n) is 5.81. The second-order valence-corrected chi connectivity index (χ2v) is 5.81. The molecule has 3 rings (SSSR count). The quantitative estimate of drug-likeness (QED) is 0.885. The van der Waals surface area contributed by atoms with Crippen LogP contribution >= 0.6 is 0 Å². The molecule has 4 atom stereocenters. The van der Waals surface area contributed by atoms with E-state index in [4.69, 9.17) is 9.47 Å². The van der Waals surface area contributed by atoms with E-state index in [1.165, 1.54) is 0 Å². The topological polar surface area (TPSA) is 67.8 Å². The molecule has 2 N–H and O–H groups in total. The Hall–Kier alpha value is -1.75. The highest BCUT2D eigenvalue weighted by Gasteiger charge is 2.35. The summed E-state index contributed by atoms with van der Waals surface area (Å²) in [4.78, 5) is 12.3. The number of ether oxygens (including phenoxy) is 2. The lowest BCUT2D eigenvalue weighted by Crippen LogP contribution is -2.50. The number of nitrogens with one attached hydrogen (secondary N) is 1. The van der Waals surface area contributed by atoms with E-state index in [9.17, 15) is 9.90 Å². The van der Waals surface area contributed by atoms with E-state index in [1.807, 2.05) is 25.1 Å². The first kappa shape index (κ1) is 14.2. The summed E-state index contributed by atoms with van der Waals surface area (Å²) in [6.45, 7) is 2.32. The Morgan fingerprint density at radius 3 is 2.67 bits per heavy atom. The van der Waals surface area contributed by atoms with Gasteiger partial charge in [0, 0.05) is 12.5 Å². The molecular formula is C16H21NO4. The minimum Gasteiger partial charge on any atom is -0.482 e. The van der Waals surface area contributed by atoms with Crippen LogP contribution in [0.25, 0.3) is 0 Å². The predicted molar refractivity (Wildman–Crippen MR) is 77.3 cm³/mol. The van der Waals surface area contributed by atoms with Crippen molar-refractivity contribution >= 4 is 5.91 Å². The van der Waals surface area contributed by atoms with E-state index in [0.717, 1.165) is 19.3 Å². The van der Waals surface area contributed by atoms with Crippen molar-refractivity contribution < 1.29 is 19.4 Å². The number of hydrogen-bond donors (Lipinski definition) is 2. The van der Waals surface area contributed by atoms with Gasteiger partial charge < -0.3 is 19.9 Å². The Morgan fingerprint density at radius 2 is 2.00 bits per heavy atom. The molecule has 5 nitrogen and oxygen atoms in total. The van der Waals surface area contributed by atoms with Crippen LogP contribution in [0.5, 0.6) is 11.5 Å². The maximum atomic E-state index is 12.3. The van der Waals surface area contributed by atoms with Crippen LogP contribution in [-0.4, -0.2) is 35.9 Å². The number of aliphatic hydroxyl groups excluding tert-OH is 1. The van der Waals surface area contributed by atoms with Crippen molar-refractivity contribution in [1.82, 2.24) is 5.32 Å². The van der Waals surface area contributed by atoms with E-state index < -0.39 is 6.10 Å². The Bertz CT molecular complexity index is 519. The zero-order chi connectivity index (χ0) is 14.8. The lowest BCUT2D eigenvalue weighted by molar-refractivity contribution is -0.133. The van der Waals surface area contributed by atoms with Crippen LogP contribution in [0.3, 0.4) is 0 Å². The number of rotatable bonds is 3. The standard InChI is InChI=1S/C16H21NO4/c1-10-15(21-14-8-3-2-7-13(14)20-10)16(19)17-9-11-5-4-6-12(11)18/h2-3,7-8,10-12,15,18H,4-6,9H2,1H3,(H,17,19). The molecule has 2 aliphatic rings. The third-order valence-electron chi connectivity index (χ3n) is 4.26. The highest BCUT2D eigenvalue weighted by molar-refractivity contribution is 5.82. The van der Waals surface area contributed by atoms with E-state index in [1.54, 1.807) is 6.07 Å². The highest BCUT2D eigenvalue weighted by Crippen LogP contribution is 2.33. The molecule has 1 aliphatic heterocycles. The highest BCUT2D eigenvalue weighted by atomic mass is 16.6. The number of benzene rings is 1. The molecular weight excluding hydrogens is 270 g/mol. The van der Waals surface area contributed by atoms with Crippen LogP contribution in [0.2, 0.25) is 0 Å². The zero-order valence-corrected chi connectivity index (χ0v) is 12.1. The summed E-state index contributed by atoms with van der Waals surface area (Å²) >= 11 is 0. The van der Waals surface area contributed by atoms with Crippen molar-refractivity contribution in [1.29, 1.82) is 0 Å². The molecule has 21 heavy (non-hydrogen) atoms. The summed E-state index contributed by atoms with van der Waals surface area (Å²) in [7, 11) is 0. The van der Waals surface area contributed by atoms with Gasteiger partial charge in [0.05, 0.1) is 6.10 Å². The average Bonchev–Trinajstić information content (AvgIpc) is 2.89. The first-order valence-electron chi connectivity index (χ1n) is 7.53. The summed E-state index contributed by atoms with van der Waals surface area (Å²) in [5.74, 6) is 1.23. The molecule has 0 bridgehead atoms. The molecule has 114 valence electrons. The summed E-state index contributed by atoms with van der Waals surface area (Å²) in [5, 5.41) is 12.7. The summed E-state index contributed by atoms with van der Waals surface area (Å²) in [6, 6.07) is 7.34. The molecule has 0 radical (unpaired) electrons. The first-order chi connectivity index (χ1) is 10.1. The molecule has 1 aliphatic carbocycles. The minimum atomic E-state index is -0.654. The van der Waals surface area contributed by atoms with Gasteiger partial charge in [-0.1, -0.05) is 18.6 Å². The van der Waals surface area contributed by atoms with E-state index >= 15 is 0 Å². The van der Waals surface area contributed by atoms with Crippen LogP contribution in [0.4, 0.5) is 0 Å². The number of aliphatic hydroxyl groups is 1. The zero-order valence-electron chi connectivity index (χ0n) is 12.1. The fourth-order valence-electron chi connectivity index (χ4n) is 2.99. The monoisotopic (exact) mass is 291 g/mol. The lowest BCUT2D eigenvalue weighted by atomic mass is 10.1. The number of carbonyl (C=O) groups is 1. The van der Waals surface area contributed by atoms with Crippen molar-refractivity contribution in [2.24, 2.45) is 5.92 Å². The Morgan fingerprint density at radius 1 is 1.29 bits per heavy atom. The molecule has 1 aromatic carbocycles. The largest absolute Gasteiger partial charge is 0.482 e. The maximum absolute atomic E-state index is 12.3. The molecule has 1 aromatic rings. The number of fused-ring (bicyclic) bond motifs is 1. The van der Waals surface area contributed by atoms with Gasteiger partial charge in [0.2, 0.25) is 6.10 Å². The van der Waals surface area contributed by atoms with Crippen molar-refractivity contribution in [3.63, 3.8) is 0 Å². The fourth-order valence-corrected chi connectivity index (χ4v) is 2.99. The predicted octanol–water partition coefficient (Wildman–Crippen LogP) is 1.49. The summed E-state index contributed by atoms with van der Waals surface area (Å²) in [5.41, 5.74) is 0. The average molecular weight is 291 g/mol. The number of para-hydroxylation sites is 2. The van der Waals surface area contributed by atoms with Crippen LogP contribution in [0.15, 0.2) is 24.3 Å². The third-order valence-corrected chi connectivity index (χ3v) is 4.26. The van der Waals surface area contributed by atoms with Crippen molar-refractivity contribution in [3.8, 4) is 11.5 Å². The number of carbonyl (C=O) groups excluding carboxylic acids is 1. The minimum absolute atomic E-state index is 0.154. The van der Waals surface area contributed by atoms with Crippen LogP contribution in [0.1, 0.15) is 26.2 Å². The number of hydrogen-bond acceptors (Lipinski definition) is 4. The fraction of sp³-hybridized carbons (Fsp3) is 0.562. The van der Waals surface area contributed by atoms with Gasteiger partial charge in [-0.25, -0.2) is 0 Å². The molecule has 0 spiro atoms. The first-order valence-corrected chi connectivity index (χ1v) is 7.53. The Balaban J connectivity index is 1.60. The molecule has 1 heterocycles.